The van der Waals surface area contributed by atoms with Crippen molar-refractivity contribution >= 4 is 16.8 Å². The smallest absolute Gasteiger partial charge is 0.266 e. The van der Waals surface area contributed by atoms with Gasteiger partial charge in [0.1, 0.15) is 5.82 Å². The Labute approximate surface area is 212 Å². The van der Waals surface area contributed by atoms with Crippen molar-refractivity contribution in [1.29, 1.82) is 0 Å². The van der Waals surface area contributed by atoms with E-state index in [0.717, 1.165) is 36.1 Å². The van der Waals surface area contributed by atoms with Crippen LogP contribution >= 0.6 is 0 Å². The summed E-state index contributed by atoms with van der Waals surface area (Å²) in [7, 11) is 0. The van der Waals surface area contributed by atoms with E-state index in [1.165, 1.54) is 5.56 Å². The third-order valence-corrected chi connectivity index (χ3v) is 7.54. The third kappa shape index (κ3) is 4.46. The second-order valence-corrected chi connectivity index (χ2v) is 9.90. The highest BCUT2D eigenvalue weighted by atomic mass is 16.2. The van der Waals surface area contributed by atoms with E-state index in [9.17, 15) is 9.59 Å². The van der Waals surface area contributed by atoms with Gasteiger partial charge in [0.2, 0.25) is 5.91 Å². The molecule has 1 heterocycles. The number of amides is 1. The average Bonchev–Trinajstić information content (AvgIpc) is 2.85. The van der Waals surface area contributed by atoms with Gasteiger partial charge in [0, 0.05) is 12.5 Å². The fourth-order valence-corrected chi connectivity index (χ4v) is 5.04. The van der Waals surface area contributed by atoms with Gasteiger partial charge in [0.15, 0.2) is 0 Å². The van der Waals surface area contributed by atoms with Crippen LogP contribution in [0.15, 0.2) is 77.6 Å². The Morgan fingerprint density at radius 2 is 1.72 bits per heavy atom. The van der Waals surface area contributed by atoms with Crippen LogP contribution in [0.2, 0.25) is 0 Å². The molecule has 1 fully saturated rings. The molecule has 5 nitrogen and oxygen atoms in total. The number of hydrogen-bond acceptors (Lipinski definition) is 3. The number of carbonyl (C=O) groups excluding carboxylic acids is 1. The summed E-state index contributed by atoms with van der Waals surface area (Å²) in [4.78, 5) is 34.8. The molecule has 0 radical (unpaired) electrons. The van der Waals surface area contributed by atoms with Gasteiger partial charge in [0.25, 0.3) is 5.56 Å². The van der Waals surface area contributed by atoms with E-state index >= 15 is 0 Å². The largest absolute Gasteiger partial charge is 0.328 e. The SMILES string of the molecule is CCC(c1nc2ccccc2c(=O)n1-c1ccc(C)c(C)c1)N(Cc1ccccc1)C(=O)C1CCC1. The van der Waals surface area contributed by atoms with Crippen LogP contribution in [0.25, 0.3) is 16.6 Å². The Morgan fingerprint density at radius 1 is 1.00 bits per heavy atom. The monoisotopic (exact) mass is 479 g/mol. The zero-order chi connectivity index (χ0) is 25.2. The topological polar surface area (TPSA) is 55.2 Å². The van der Waals surface area contributed by atoms with E-state index in [2.05, 4.69) is 32.9 Å². The molecule has 1 atom stereocenters. The number of fused-ring (bicyclic) bond motifs is 1. The van der Waals surface area contributed by atoms with Gasteiger partial charge in [-0.15, -0.1) is 0 Å². The molecule has 1 unspecified atom stereocenters. The lowest BCUT2D eigenvalue weighted by Gasteiger charge is -2.37. The zero-order valence-corrected chi connectivity index (χ0v) is 21.3. The Hall–Kier alpha value is -3.73. The first kappa shape index (κ1) is 24.0. The molecule has 3 aromatic carbocycles. The van der Waals surface area contributed by atoms with E-state index in [4.69, 9.17) is 4.98 Å². The minimum absolute atomic E-state index is 0.0463. The first-order chi connectivity index (χ1) is 17.5. The molecule has 5 heteroatoms. The van der Waals surface area contributed by atoms with Gasteiger partial charge in [0.05, 0.1) is 22.6 Å². The Bertz CT molecular complexity index is 1450. The molecule has 0 bridgehead atoms. The molecule has 0 saturated heterocycles. The van der Waals surface area contributed by atoms with Gasteiger partial charge in [-0.05, 0) is 74.1 Å². The maximum Gasteiger partial charge on any atom is 0.266 e. The molecule has 1 amide bonds. The molecule has 1 aliphatic rings. The van der Waals surface area contributed by atoms with Crippen LogP contribution in [0, 0.1) is 19.8 Å². The van der Waals surface area contributed by atoms with Crippen molar-refractivity contribution in [3.63, 3.8) is 0 Å². The molecule has 0 aliphatic heterocycles. The quantitative estimate of drug-likeness (QED) is 0.313. The lowest BCUT2D eigenvalue weighted by molar-refractivity contribution is -0.142. The maximum absolute atomic E-state index is 13.9. The van der Waals surface area contributed by atoms with Crippen molar-refractivity contribution in [2.45, 2.75) is 59.0 Å². The molecule has 36 heavy (non-hydrogen) atoms. The number of rotatable bonds is 7. The third-order valence-electron chi connectivity index (χ3n) is 7.54. The molecule has 4 aromatic rings. The predicted octanol–water partition coefficient (Wildman–Crippen LogP) is 6.28. The van der Waals surface area contributed by atoms with Gasteiger partial charge in [-0.1, -0.05) is 61.9 Å². The van der Waals surface area contributed by atoms with Gasteiger partial charge in [-0.2, -0.15) is 0 Å². The number of benzene rings is 3. The number of nitrogens with zero attached hydrogens (tertiary/aromatic N) is 3. The first-order valence-corrected chi connectivity index (χ1v) is 12.9. The summed E-state index contributed by atoms with van der Waals surface area (Å²) in [6, 6.07) is 23.3. The van der Waals surface area contributed by atoms with E-state index in [1.54, 1.807) is 4.57 Å². The lowest BCUT2D eigenvalue weighted by atomic mass is 9.83. The van der Waals surface area contributed by atoms with Gasteiger partial charge >= 0.3 is 0 Å². The van der Waals surface area contributed by atoms with Gasteiger partial charge < -0.3 is 4.90 Å². The Morgan fingerprint density at radius 3 is 2.39 bits per heavy atom. The van der Waals surface area contributed by atoms with Crippen LogP contribution in [-0.4, -0.2) is 20.4 Å². The second kappa shape index (κ2) is 10.1. The first-order valence-electron chi connectivity index (χ1n) is 12.9. The summed E-state index contributed by atoms with van der Waals surface area (Å²) in [5.74, 6) is 0.823. The number of para-hydroxylation sites is 1. The van der Waals surface area contributed by atoms with Crippen molar-refractivity contribution in [2.75, 3.05) is 0 Å². The summed E-state index contributed by atoms with van der Waals surface area (Å²) >= 11 is 0. The second-order valence-electron chi connectivity index (χ2n) is 9.90. The summed E-state index contributed by atoms with van der Waals surface area (Å²) in [6.45, 7) is 6.68. The molecule has 184 valence electrons. The molecular formula is C31H33N3O2. The number of hydrogen-bond donors (Lipinski definition) is 0. The fourth-order valence-electron chi connectivity index (χ4n) is 5.04. The van der Waals surface area contributed by atoms with Crippen molar-refractivity contribution in [3.8, 4) is 5.69 Å². The van der Waals surface area contributed by atoms with Crippen LogP contribution in [0.4, 0.5) is 0 Å². The predicted molar refractivity (Wildman–Crippen MR) is 144 cm³/mol. The van der Waals surface area contributed by atoms with Crippen LogP contribution in [0.1, 0.15) is 61.2 Å². The van der Waals surface area contributed by atoms with Crippen LogP contribution < -0.4 is 5.56 Å². The molecule has 1 aliphatic carbocycles. The summed E-state index contributed by atoms with van der Waals surface area (Å²) < 4.78 is 1.73. The van der Waals surface area contributed by atoms with E-state index < -0.39 is 0 Å². The van der Waals surface area contributed by atoms with Crippen molar-refractivity contribution in [2.24, 2.45) is 5.92 Å². The minimum atomic E-state index is -0.336. The summed E-state index contributed by atoms with van der Waals surface area (Å²) in [5.41, 5.74) is 4.69. The van der Waals surface area contributed by atoms with Gasteiger partial charge in [-0.25, -0.2) is 4.98 Å². The standard InChI is InChI=1S/C31H33N3O2/c1-4-28(33(30(35)24-13-10-14-24)20-23-11-6-5-7-12-23)29-32-27-16-9-8-15-26(27)31(36)34(29)25-18-17-21(2)22(3)19-25/h5-9,11-12,15-19,24,28H,4,10,13-14,20H2,1-3H3. The van der Waals surface area contributed by atoms with Crippen LogP contribution in [0.5, 0.6) is 0 Å². The molecule has 0 spiro atoms. The Balaban J connectivity index is 1.71. The Kier molecular flexibility index (Phi) is 6.73. The molecule has 0 N–H and O–H groups in total. The average molecular weight is 480 g/mol. The molecule has 1 aromatic heterocycles. The lowest BCUT2D eigenvalue weighted by Crippen LogP contribution is -2.42. The van der Waals surface area contributed by atoms with E-state index in [-0.39, 0.29) is 23.4 Å². The maximum atomic E-state index is 13.9. The summed E-state index contributed by atoms with van der Waals surface area (Å²) in [5, 5.41) is 0.578. The number of aromatic nitrogens is 2. The highest BCUT2D eigenvalue weighted by Gasteiger charge is 2.35. The molecule has 1 saturated carbocycles. The van der Waals surface area contributed by atoms with Crippen molar-refractivity contribution < 1.29 is 4.79 Å². The van der Waals surface area contributed by atoms with Gasteiger partial charge in [-0.3, -0.25) is 14.2 Å². The summed E-state index contributed by atoms with van der Waals surface area (Å²) in [6.07, 6.45) is 3.60. The highest BCUT2D eigenvalue weighted by molar-refractivity contribution is 5.81. The van der Waals surface area contributed by atoms with E-state index in [1.807, 2.05) is 65.6 Å². The zero-order valence-electron chi connectivity index (χ0n) is 21.3. The number of carbonyl (C=O) groups is 1. The minimum Gasteiger partial charge on any atom is -0.328 e. The van der Waals surface area contributed by atoms with Crippen molar-refractivity contribution in [1.82, 2.24) is 14.5 Å². The van der Waals surface area contributed by atoms with Crippen LogP contribution in [-0.2, 0) is 11.3 Å². The normalized spacial score (nSPS) is 14.4. The van der Waals surface area contributed by atoms with Crippen molar-refractivity contribution in [3.05, 3.63) is 106 Å². The molecular weight excluding hydrogens is 446 g/mol. The molecule has 5 rings (SSSR count). The fraction of sp³-hybridized carbons (Fsp3) is 0.323. The highest BCUT2D eigenvalue weighted by Crippen LogP contribution is 2.34. The van der Waals surface area contributed by atoms with E-state index in [0.29, 0.717) is 29.7 Å². The van der Waals surface area contributed by atoms with Crippen LogP contribution in [0.3, 0.4) is 0 Å². The number of aryl methyl sites for hydroxylation is 2.